The van der Waals surface area contributed by atoms with Gasteiger partial charge in [0.25, 0.3) is 0 Å². The number of halogens is 3. The van der Waals surface area contributed by atoms with E-state index in [1.165, 1.54) is 12.1 Å². The maximum absolute atomic E-state index is 13.6. The van der Waals surface area contributed by atoms with Gasteiger partial charge in [0.05, 0.1) is 12.4 Å². The van der Waals surface area contributed by atoms with Crippen molar-refractivity contribution in [1.82, 2.24) is 0 Å². The van der Waals surface area contributed by atoms with Gasteiger partial charge < -0.3 is 12.4 Å². The molecule has 0 aromatic heterocycles. The van der Waals surface area contributed by atoms with Crippen LogP contribution in [0.3, 0.4) is 0 Å². The van der Waals surface area contributed by atoms with Crippen molar-refractivity contribution in [2.75, 3.05) is 0 Å². The summed E-state index contributed by atoms with van der Waals surface area (Å²) in [7, 11) is 0. The third-order valence-corrected chi connectivity index (χ3v) is 2.63. The molecule has 2 heterocycles. The van der Waals surface area contributed by atoms with Gasteiger partial charge in [0.2, 0.25) is 0 Å². The minimum atomic E-state index is -0.617. The maximum Gasteiger partial charge on any atom is 0.198 e. The van der Waals surface area contributed by atoms with Crippen LogP contribution in [0, 0.1) is 11.6 Å². The van der Waals surface area contributed by atoms with Crippen molar-refractivity contribution < 1.29 is 26.1 Å². The number of rotatable bonds is 1. The zero-order valence-corrected chi connectivity index (χ0v) is 9.83. The van der Waals surface area contributed by atoms with Crippen LogP contribution in [0.4, 0.5) is 8.78 Å². The van der Waals surface area contributed by atoms with Crippen molar-refractivity contribution in [1.29, 1.82) is 0 Å². The highest BCUT2D eigenvalue weighted by atomic mass is 35.5. The van der Waals surface area contributed by atoms with E-state index >= 15 is 0 Å². The van der Waals surface area contributed by atoms with Gasteiger partial charge >= 0.3 is 0 Å². The summed E-state index contributed by atoms with van der Waals surface area (Å²) in [6.45, 7) is 0. The Morgan fingerprint density at radius 2 is 2.00 bits per heavy atom. The van der Waals surface area contributed by atoms with Gasteiger partial charge in [0.15, 0.2) is 12.0 Å². The van der Waals surface area contributed by atoms with Crippen LogP contribution in [-0.4, -0.2) is 12.6 Å². The minimum Gasteiger partial charge on any atom is -1.00 e. The average Bonchev–Trinajstić information content (AvgIpc) is 2.73. The van der Waals surface area contributed by atoms with E-state index in [0.717, 1.165) is 16.7 Å². The minimum absolute atomic E-state index is 0. The molecule has 2 aliphatic heterocycles. The fourth-order valence-corrected chi connectivity index (χ4v) is 1.82. The van der Waals surface area contributed by atoms with Crippen molar-refractivity contribution in [3.05, 3.63) is 53.5 Å². The third-order valence-electron chi connectivity index (χ3n) is 2.63. The SMILES string of the molecule is Fc1ccc(C2=C3C=NC=C[NH+]3C=N2)c(F)c1.[Cl-]. The van der Waals surface area contributed by atoms with Gasteiger partial charge in [0, 0.05) is 11.6 Å². The Bertz CT molecular complexity index is 605. The highest BCUT2D eigenvalue weighted by Crippen LogP contribution is 2.23. The van der Waals surface area contributed by atoms with Crippen LogP contribution < -0.4 is 17.3 Å². The van der Waals surface area contributed by atoms with Gasteiger partial charge in [-0.25, -0.2) is 13.7 Å². The quantitative estimate of drug-likeness (QED) is 0.617. The highest BCUT2D eigenvalue weighted by Gasteiger charge is 2.26. The lowest BCUT2D eigenvalue weighted by atomic mass is 10.1. The van der Waals surface area contributed by atoms with Gasteiger partial charge in [-0.2, -0.15) is 4.99 Å². The molecule has 1 aromatic carbocycles. The number of hydrogen-bond donors (Lipinski definition) is 1. The summed E-state index contributed by atoms with van der Waals surface area (Å²) < 4.78 is 26.5. The molecule has 3 rings (SSSR count). The summed E-state index contributed by atoms with van der Waals surface area (Å²) in [6.07, 6.45) is 6.72. The summed E-state index contributed by atoms with van der Waals surface area (Å²) in [4.78, 5) is 9.02. The van der Waals surface area contributed by atoms with Crippen molar-refractivity contribution in [2.24, 2.45) is 9.98 Å². The zero-order valence-electron chi connectivity index (χ0n) is 9.07. The largest absolute Gasteiger partial charge is 1.00 e. The number of allylic oxidation sites excluding steroid dienone is 1. The van der Waals surface area contributed by atoms with Gasteiger partial charge in [-0.1, -0.05) is 0 Å². The van der Waals surface area contributed by atoms with Crippen LogP contribution in [0.2, 0.25) is 0 Å². The first-order chi connectivity index (χ1) is 8.25. The summed E-state index contributed by atoms with van der Waals surface area (Å²) in [5.41, 5.74) is 1.54. The van der Waals surface area contributed by atoms with Gasteiger partial charge in [0.1, 0.15) is 23.5 Å². The number of nitrogens with zero attached hydrogens (tertiary/aromatic N) is 2. The first-order valence-corrected chi connectivity index (χ1v) is 5.06. The second-order valence-electron chi connectivity index (χ2n) is 3.69. The lowest BCUT2D eigenvalue weighted by Gasteiger charge is -2.07. The van der Waals surface area contributed by atoms with E-state index in [2.05, 4.69) is 9.98 Å². The molecule has 2 aliphatic rings. The molecule has 0 saturated heterocycles. The molecule has 0 amide bonds. The summed E-state index contributed by atoms with van der Waals surface area (Å²) in [5, 5.41) is 0. The van der Waals surface area contributed by atoms with Gasteiger partial charge in [-0.05, 0) is 12.1 Å². The number of aliphatic imine (C=N–C) groups is 2. The van der Waals surface area contributed by atoms with Gasteiger partial charge in [-0.15, -0.1) is 0 Å². The molecule has 92 valence electrons. The van der Waals surface area contributed by atoms with E-state index in [1.54, 1.807) is 25.0 Å². The van der Waals surface area contributed by atoms with Crippen LogP contribution in [-0.2, 0) is 0 Å². The molecule has 18 heavy (non-hydrogen) atoms. The Labute approximate surface area is 108 Å². The summed E-state index contributed by atoms with van der Waals surface area (Å²) in [5.74, 6) is -1.21. The van der Waals surface area contributed by atoms with E-state index in [1.807, 2.05) is 0 Å². The monoisotopic (exact) mass is 267 g/mol. The Balaban J connectivity index is 0.00000120. The fourth-order valence-electron chi connectivity index (χ4n) is 1.82. The topological polar surface area (TPSA) is 29.2 Å². The van der Waals surface area contributed by atoms with E-state index in [4.69, 9.17) is 0 Å². The third kappa shape index (κ3) is 1.98. The Morgan fingerprint density at radius 1 is 1.17 bits per heavy atom. The van der Waals surface area contributed by atoms with Crippen molar-refractivity contribution >= 4 is 18.3 Å². The maximum atomic E-state index is 13.6. The van der Waals surface area contributed by atoms with Crippen molar-refractivity contribution in [2.45, 2.75) is 0 Å². The Morgan fingerprint density at radius 3 is 2.78 bits per heavy atom. The van der Waals surface area contributed by atoms with E-state index in [9.17, 15) is 8.78 Å². The number of quaternary nitrogens is 1. The molecule has 1 unspecified atom stereocenters. The van der Waals surface area contributed by atoms with Crippen LogP contribution in [0.5, 0.6) is 0 Å². The molecule has 0 bridgehead atoms. The molecule has 1 atom stereocenters. The molecular formula is C12H8ClF2N3. The molecule has 1 N–H and O–H groups in total. The summed E-state index contributed by atoms with van der Waals surface area (Å²) >= 11 is 0. The lowest BCUT2D eigenvalue weighted by molar-refractivity contribution is -0.681. The first-order valence-electron chi connectivity index (χ1n) is 5.06. The van der Waals surface area contributed by atoms with Crippen LogP contribution in [0.15, 0.2) is 46.3 Å². The van der Waals surface area contributed by atoms with E-state index in [0.29, 0.717) is 5.70 Å². The molecule has 3 nitrogen and oxygen atoms in total. The molecular weight excluding hydrogens is 260 g/mol. The summed E-state index contributed by atoms with van der Waals surface area (Å²) in [6, 6.07) is 3.46. The van der Waals surface area contributed by atoms with Crippen LogP contribution in [0.25, 0.3) is 5.70 Å². The molecule has 0 fully saturated rings. The molecule has 6 heteroatoms. The van der Waals surface area contributed by atoms with Crippen molar-refractivity contribution in [3.63, 3.8) is 0 Å². The lowest BCUT2D eigenvalue weighted by Crippen LogP contribution is -3.04. The normalized spacial score (nSPS) is 20.0. The molecule has 1 aromatic rings. The molecule has 0 spiro atoms. The van der Waals surface area contributed by atoms with E-state index in [-0.39, 0.29) is 18.0 Å². The molecule has 0 radical (unpaired) electrons. The smallest absolute Gasteiger partial charge is 0.198 e. The van der Waals surface area contributed by atoms with Crippen LogP contribution in [0.1, 0.15) is 5.56 Å². The first kappa shape index (κ1) is 12.6. The molecule has 0 saturated carbocycles. The van der Waals surface area contributed by atoms with Crippen molar-refractivity contribution in [3.8, 4) is 0 Å². The number of benzene rings is 1. The fraction of sp³-hybridized carbons (Fsp3) is 0. The predicted octanol–water partition coefficient (Wildman–Crippen LogP) is -1.88. The van der Waals surface area contributed by atoms with E-state index < -0.39 is 11.6 Å². The number of fused-ring (bicyclic) bond motifs is 1. The second-order valence-corrected chi connectivity index (χ2v) is 3.69. The Hall–Kier alpha value is -1.85. The molecule has 0 aliphatic carbocycles. The standard InChI is InChI=1S/C12H7F2N3.ClH/c13-8-1-2-9(10(14)5-8)12-11-6-15-3-4-17(11)7-16-12;/h1-7H;1H. The van der Waals surface area contributed by atoms with Gasteiger partial charge in [-0.3, -0.25) is 4.99 Å². The Kier molecular flexibility index (Phi) is 3.36. The predicted molar refractivity (Wildman–Crippen MR) is 60.4 cm³/mol. The highest BCUT2D eigenvalue weighted by molar-refractivity contribution is 5.93. The number of hydrogen-bond acceptors (Lipinski definition) is 2. The number of nitrogens with one attached hydrogen (secondary N) is 1. The zero-order chi connectivity index (χ0) is 11.8. The van der Waals surface area contributed by atoms with Crippen LogP contribution >= 0.6 is 0 Å². The average molecular weight is 268 g/mol. The second kappa shape index (κ2) is 4.80.